The first-order valence-electron chi connectivity index (χ1n) is 6.51. The first-order chi connectivity index (χ1) is 7.54. The van der Waals surface area contributed by atoms with Gasteiger partial charge in [0.15, 0.2) is 5.96 Å². The van der Waals surface area contributed by atoms with E-state index in [9.17, 15) is 0 Å². The summed E-state index contributed by atoms with van der Waals surface area (Å²) in [5.41, 5.74) is 0. The molecule has 1 aliphatic rings. The van der Waals surface area contributed by atoms with E-state index in [0.29, 0.717) is 0 Å². The van der Waals surface area contributed by atoms with Crippen molar-refractivity contribution in [1.82, 2.24) is 9.80 Å². The summed E-state index contributed by atoms with van der Waals surface area (Å²) >= 11 is 0. The minimum atomic E-state index is 0. The topological polar surface area (TPSA) is 18.8 Å². The lowest BCUT2D eigenvalue weighted by atomic mass is 9.97. The van der Waals surface area contributed by atoms with Crippen molar-refractivity contribution in [2.24, 2.45) is 16.8 Å². The van der Waals surface area contributed by atoms with Crippen LogP contribution in [0.5, 0.6) is 0 Å². The second kappa shape index (κ2) is 8.16. The van der Waals surface area contributed by atoms with E-state index in [0.717, 1.165) is 24.3 Å². The Balaban J connectivity index is 0.00000256. The Morgan fingerprint density at radius 3 is 2.53 bits per heavy atom. The molecule has 1 rings (SSSR count). The maximum atomic E-state index is 4.59. The largest absolute Gasteiger partial charge is 0.349 e. The SMILES string of the molecule is CCN=C(N(C)C)N1CCC(CC(C)C)C1.I. The molecule has 0 radical (unpaired) electrons. The van der Waals surface area contributed by atoms with E-state index in [-0.39, 0.29) is 24.0 Å². The molecule has 0 aromatic heterocycles. The highest BCUT2D eigenvalue weighted by molar-refractivity contribution is 14.0. The van der Waals surface area contributed by atoms with Crippen LogP contribution in [0.4, 0.5) is 0 Å². The molecule has 4 heteroatoms. The van der Waals surface area contributed by atoms with Crippen LogP contribution in [0.1, 0.15) is 33.6 Å². The first kappa shape index (κ1) is 17.0. The smallest absolute Gasteiger partial charge is 0.196 e. The Labute approximate surface area is 124 Å². The highest BCUT2D eigenvalue weighted by Crippen LogP contribution is 2.23. The zero-order chi connectivity index (χ0) is 12.1. The quantitative estimate of drug-likeness (QED) is 0.441. The van der Waals surface area contributed by atoms with Crippen molar-refractivity contribution >= 4 is 29.9 Å². The minimum absolute atomic E-state index is 0. The van der Waals surface area contributed by atoms with Crippen LogP contribution in [0, 0.1) is 11.8 Å². The standard InChI is InChI=1S/C13H27N3.HI/c1-6-14-13(15(4)5)16-8-7-12(10-16)9-11(2)3;/h11-12H,6-10H2,1-5H3;1H. The molecule has 0 bridgehead atoms. The molecule has 1 heterocycles. The third-order valence-electron chi connectivity index (χ3n) is 3.07. The summed E-state index contributed by atoms with van der Waals surface area (Å²) in [6.45, 7) is 9.97. The maximum Gasteiger partial charge on any atom is 0.196 e. The predicted octanol–water partition coefficient (Wildman–Crippen LogP) is 2.91. The van der Waals surface area contributed by atoms with Crippen LogP contribution in [-0.2, 0) is 0 Å². The van der Waals surface area contributed by atoms with Crippen molar-refractivity contribution in [2.75, 3.05) is 33.7 Å². The van der Waals surface area contributed by atoms with Crippen molar-refractivity contribution in [3.8, 4) is 0 Å². The lowest BCUT2D eigenvalue weighted by Crippen LogP contribution is -2.39. The normalized spacial score (nSPS) is 20.7. The molecule has 17 heavy (non-hydrogen) atoms. The number of likely N-dealkylation sites (tertiary alicyclic amines) is 1. The van der Waals surface area contributed by atoms with Gasteiger partial charge < -0.3 is 9.80 Å². The zero-order valence-corrected chi connectivity index (χ0v) is 14.3. The molecule has 0 saturated carbocycles. The van der Waals surface area contributed by atoms with Crippen molar-refractivity contribution < 1.29 is 0 Å². The molecule has 1 aliphatic heterocycles. The van der Waals surface area contributed by atoms with Gasteiger partial charge in [0.1, 0.15) is 0 Å². The van der Waals surface area contributed by atoms with Crippen LogP contribution in [0.15, 0.2) is 4.99 Å². The van der Waals surface area contributed by atoms with Gasteiger partial charge in [-0.1, -0.05) is 13.8 Å². The molecule has 102 valence electrons. The molecule has 3 nitrogen and oxygen atoms in total. The summed E-state index contributed by atoms with van der Waals surface area (Å²) in [7, 11) is 4.18. The number of hydrogen-bond acceptors (Lipinski definition) is 1. The molecule has 0 aromatic carbocycles. The number of nitrogens with zero attached hydrogens (tertiary/aromatic N) is 3. The van der Waals surface area contributed by atoms with Gasteiger partial charge in [0.25, 0.3) is 0 Å². The van der Waals surface area contributed by atoms with Crippen LogP contribution in [0.2, 0.25) is 0 Å². The van der Waals surface area contributed by atoms with E-state index in [4.69, 9.17) is 0 Å². The average molecular weight is 353 g/mol. The molecular formula is C13H28IN3. The van der Waals surface area contributed by atoms with Crippen LogP contribution < -0.4 is 0 Å². The van der Waals surface area contributed by atoms with Crippen molar-refractivity contribution in [3.05, 3.63) is 0 Å². The molecule has 0 N–H and O–H groups in total. The highest BCUT2D eigenvalue weighted by atomic mass is 127. The number of hydrogen-bond donors (Lipinski definition) is 0. The lowest BCUT2D eigenvalue weighted by molar-refractivity contribution is 0.382. The summed E-state index contributed by atoms with van der Waals surface area (Å²) in [6.07, 6.45) is 2.68. The Morgan fingerprint density at radius 2 is 2.06 bits per heavy atom. The molecular weight excluding hydrogens is 325 g/mol. The van der Waals surface area contributed by atoms with Gasteiger partial charge in [0, 0.05) is 33.7 Å². The van der Waals surface area contributed by atoms with Gasteiger partial charge in [-0.2, -0.15) is 0 Å². The van der Waals surface area contributed by atoms with E-state index in [1.165, 1.54) is 25.9 Å². The monoisotopic (exact) mass is 353 g/mol. The Hall–Kier alpha value is 0. The van der Waals surface area contributed by atoms with Crippen molar-refractivity contribution in [3.63, 3.8) is 0 Å². The summed E-state index contributed by atoms with van der Waals surface area (Å²) in [5.74, 6) is 2.84. The average Bonchev–Trinajstić information content (AvgIpc) is 2.60. The van der Waals surface area contributed by atoms with Gasteiger partial charge in [-0.25, -0.2) is 0 Å². The van der Waals surface area contributed by atoms with Crippen LogP contribution in [0.25, 0.3) is 0 Å². The zero-order valence-electron chi connectivity index (χ0n) is 11.9. The van der Waals surface area contributed by atoms with E-state index in [1.807, 2.05) is 0 Å². The Morgan fingerprint density at radius 1 is 1.41 bits per heavy atom. The third-order valence-corrected chi connectivity index (χ3v) is 3.07. The predicted molar refractivity (Wildman–Crippen MR) is 86.2 cm³/mol. The van der Waals surface area contributed by atoms with Gasteiger partial charge in [-0.15, -0.1) is 24.0 Å². The molecule has 1 unspecified atom stereocenters. The van der Waals surface area contributed by atoms with Gasteiger partial charge in [0.2, 0.25) is 0 Å². The van der Waals surface area contributed by atoms with E-state index in [1.54, 1.807) is 0 Å². The van der Waals surface area contributed by atoms with Crippen LogP contribution in [-0.4, -0.2) is 49.5 Å². The maximum absolute atomic E-state index is 4.59. The summed E-state index contributed by atoms with van der Waals surface area (Å²) in [6, 6.07) is 0. The van der Waals surface area contributed by atoms with Gasteiger partial charge in [0.05, 0.1) is 0 Å². The number of rotatable bonds is 3. The molecule has 1 atom stereocenters. The van der Waals surface area contributed by atoms with Gasteiger partial charge in [-0.05, 0) is 31.6 Å². The number of halogens is 1. The first-order valence-corrected chi connectivity index (χ1v) is 6.51. The third kappa shape index (κ3) is 5.44. The van der Waals surface area contributed by atoms with E-state index >= 15 is 0 Å². The van der Waals surface area contributed by atoms with Crippen LogP contribution >= 0.6 is 24.0 Å². The fourth-order valence-electron chi connectivity index (χ4n) is 2.54. The summed E-state index contributed by atoms with van der Waals surface area (Å²) in [5, 5.41) is 0. The fraction of sp³-hybridized carbons (Fsp3) is 0.923. The number of guanidine groups is 1. The molecule has 0 amide bonds. The molecule has 0 aromatic rings. The summed E-state index contributed by atoms with van der Waals surface area (Å²) in [4.78, 5) is 9.17. The van der Waals surface area contributed by atoms with Crippen molar-refractivity contribution in [2.45, 2.75) is 33.6 Å². The Kier molecular flexibility index (Phi) is 8.16. The van der Waals surface area contributed by atoms with Gasteiger partial charge >= 0.3 is 0 Å². The molecule has 1 saturated heterocycles. The summed E-state index contributed by atoms with van der Waals surface area (Å²) < 4.78 is 0. The minimum Gasteiger partial charge on any atom is -0.349 e. The van der Waals surface area contributed by atoms with Gasteiger partial charge in [-0.3, -0.25) is 4.99 Å². The van der Waals surface area contributed by atoms with Crippen molar-refractivity contribution in [1.29, 1.82) is 0 Å². The highest BCUT2D eigenvalue weighted by Gasteiger charge is 2.26. The molecule has 0 aliphatic carbocycles. The van der Waals surface area contributed by atoms with E-state index in [2.05, 4.69) is 49.7 Å². The molecule has 1 fully saturated rings. The fourth-order valence-corrected chi connectivity index (χ4v) is 2.54. The van der Waals surface area contributed by atoms with E-state index < -0.39 is 0 Å². The van der Waals surface area contributed by atoms with Crippen LogP contribution in [0.3, 0.4) is 0 Å². The second-order valence-corrected chi connectivity index (χ2v) is 5.40. The number of aliphatic imine (C=N–C) groups is 1. The Bertz CT molecular complexity index is 239. The molecule has 0 spiro atoms. The second-order valence-electron chi connectivity index (χ2n) is 5.40. The lowest BCUT2D eigenvalue weighted by Gasteiger charge is -2.26.